The maximum Gasteiger partial charge on any atom is 0.335 e. The lowest BCUT2D eigenvalue weighted by molar-refractivity contribution is 0.0599. The van der Waals surface area contributed by atoms with Crippen LogP contribution in [0, 0.1) is 5.82 Å². The lowest BCUT2D eigenvalue weighted by atomic mass is 10.1. The van der Waals surface area contributed by atoms with Crippen molar-refractivity contribution in [2.45, 2.75) is 43.9 Å². The van der Waals surface area contributed by atoms with Gasteiger partial charge in [-0.1, -0.05) is 0 Å². The summed E-state index contributed by atoms with van der Waals surface area (Å²) in [4.78, 5) is 27.7. The molecule has 26 heavy (non-hydrogen) atoms. The number of carboxylic acid groups (broad SMARTS) is 1. The van der Waals surface area contributed by atoms with E-state index in [0.717, 1.165) is 44.8 Å². The van der Waals surface area contributed by atoms with E-state index in [9.17, 15) is 14.0 Å². The maximum atomic E-state index is 14.3. The van der Waals surface area contributed by atoms with Gasteiger partial charge in [-0.2, -0.15) is 0 Å². The van der Waals surface area contributed by atoms with Crippen LogP contribution < -0.4 is 0 Å². The lowest BCUT2D eigenvalue weighted by Gasteiger charge is -2.35. The molecule has 142 valence electrons. The van der Waals surface area contributed by atoms with Gasteiger partial charge in [0.2, 0.25) is 0 Å². The van der Waals surface area contributed by atoms with E-state index in [0.29, 0.717) is 0 Å². The van der Waals surface area contributed by atoms with Crippen molar-refractivity contribution >= 4 is 11.9 Å². The van der Waals surface area contributed by atoms with Gasteiger partial charge in [-0.25, -0.2) is 9.18 Å². The van der Waals surface area contributed by atoms with Gasteiger partial charge in [0, 0.05) is 39.3 Å². The molecule has 2 aliphatic rings. The van der Waals surface area contributed by atoms with Crippen LogP contribution in [-0.2, 0) is 4.74 Å². The molecule has 0 aromatic heterocycles. The molecule has 2 fully saturated rings. The van der Waals surface area contributed by atoms with Crippen molar-refractivity contribution in [2.24, 2.45) is 0 Å². The van der Waals surface area contributed by atoms with Crippen LogP contribution in [-0.4, -0.2) is 72.2 Å². The van der Waals surface area contributed by atoms with Gasteiger partial charge in [0.1, 0.15) is 5.82 Å². The molecule has 0 spiro atoms. The third-order valence-electron chi connectivity index (χ3n) is 5.69. The Morgan fingerprint density at radius 3 is 2.69 bits per heavy atom. The number of likely N-dealkylation sites (N-methyl/N-ethyl adjacent to an activating group) is 1. The first-order valence-electron chi connectivity index (χ1n) is 8.99. The lowest BCUT2D eigenvalue weighted by Crippen LogP contribution is -2.49. The van der Waals surface area contributed by atoms with E-state index in [2.05, 4.69) is 4.90 Å². The summed E-state index contributed by atoms with van der Waals surface area (Å²) in [7, 11) is 3.43. The Bertz CT molecular complexity index is 696. The van der Waals surface area contributed by atoms with Gasteiger partial charge in [0.15, 0.2) is 0 Å². The van der Waals surface area contributed by atoms with Crippen LogP contribution >= 0.6 is 0 Å². The fraction of sp³-hybridized carbons (Fsp3) is 0.579. The zero-order chi connectivity index (χ0) is 18.8. The first kappa shape index (κ1) is 18.8. The zero-order valence-corrected chi connectivity index (χ0v) is 15.2. The second-order valence-electron chi connectivity index (χ2n) is 7.12. The number of hydrogen-bond donors (Lipinski definition) is 1. The number of methoxy groups -OCH3 is 1. The predicted molar refractivity (Wildman–Crippen MR) is 93.9 cm³/mol. The molecule has 1 unspecified atom stereocenters. The summed E-state index contributed by atoms with van der Waals surface area (Å²) < 4.78 is 19.7. The van der Waals surface area contributed by atoms with Crippen LogP contribution in [0.15, 0.2) is 18.2 Å². The van der Waals surface area contributed by atoms with Crippen LogP contribution in [0.5, 0.6) is 0 Å². The van der Waals surface area contributed by atoms with Crippen molar-refractivity contribution in [3.8, 4) is 0 Å². The first-order chi connectivity index (χ1) is 12.4. The summed E-state index contributed by atoms with van der Waals surface area (Å²) in [6.45, 7) is 1.81. The Hall–Kier alpha value is -1.99. The molecule has 3 atom stereocenters. The van der Waals surface area contributed by atoms with Gasteiger partial charge in [-0.3, -0.25) is 9.69 Å². The molecule has 1 saturated heterocycles. The van der Waals surface area contributed by atoms with Crippen molar-refractivity contribution in [1.82, 2.24) is 9.80 Å². The third-order valence-corrected chi connectivity index (χ3v) is 5.69. The fourth-order valence-corrected chi connectivity index (χ4v) is 4.21. The molecular formula is C19H25FN2O4. The van der Waals surface area contributed by atoms with Crippen molar-refractivity contribution in [3.05, 3.63) is 35.1 Å². The number of rotatable bonds is 5. The highest BCUT2D eigenvalue weighted by Crippen LogP contribution is 2.31. The maximum absolute atomic E-state index is 14.3. The van der Waals surface area contributed by atoms with Crippen LogP contribution in [0.4, 0.5) is 4.39 Å². The molecule has 1 amide bonds. The van der Waals surface area contributed by atoms with Gasteiger partial charge >= 0.3 is 5.97 Å². The molecule has 7 heteroatoms. The number of ether oxygens (including phenoxy) is 1. The summed E-state index contributed by atoms with van der Waals surface area (Å²) in [6.07, 6.45) is 4.15. The predicted octanol–water partition coefficient (Wildman–Crippen LogP) is 2.24. The minimum absolute atomic E-state index is 0.0247. The van der Waals surface area contributed by atoms with Crippen molar-refractivity contribution < 1.29 is 23.8 Å². The fourth-order valence-electron chi connectivity index (χ4n) is 4.21. The van der Waals surface area contributed by atoms with Crippen LogP contribution in [0.25, 0.3) is 0 Å². The molecular weight excluding hydrogens is 339 g/mol. The minimum Gasteiger partial charge on any atom is -0.478 e. The number of carbonyl (C=O) groups is 2. The second kappa shape index (κ2) is 7.72. The van der Waals surface area contributed by atoms with E-state index in [1.54, 1.807) is 19.1 Å². The number of benzene rings is 1. The van der Waals surface area contributed by atoms with Gasteiger partial charge < -0.3 is 14.7 Å². The smallest absolute Gasteiger partial charge is 0.335 e. The van der Waals surface area contributed by atoms with Crippen LogP contribution in [0.1, 0.15) is 46.4 Å². The topological polar surface area (TPSA) is 70.1 Å². The number of amides is 1. The Morgan fingerprint density at radius 1 is 1.31 bits per heavy atom. The standard InChI is InChI=1S/C19H25FN2O4/c1-21(18(23)14-7-6-12(19(24)25)10-15(14)20)16-4-3-5-17(16)22-9-8-13(11-22)26-2/h6-7,10,13,16-17H,3-5,8-9,11H2,1-2H3,(H,24,25)/t13?,16-,17+/m0/s1. The Kier molecular flexibility index (Phi) is 5.58. The number of carbonyl (C=O) groups excluding carboxylic acids is 1. The number of nitrogens with zero attached hydrogens (tertiary/aromatic N) is 2. The molecule has 1 aliphatic carbocycles. The van der Waals surface area contributed by atoms with E-state index >= 15 is 0 Å². The van der Waals surface area contributed by atoms with Gasteiger partial charge in [0.25, 0.3) is 5.91 Å². The van der Waals surface area contributed by atoms with Crippen molar-refractivity contribution in [3.63, 3.8) is 0 Å². The summed E-state index contributed by atoms with van der Waals surface area (Å²) in [5.74, 6) is -2.41. The molecule has 0 radical (unpaired) electrons. The SMILES string of the molecule is COC1CCN([C@@H]2CCC[C@@H]2N(C)C(=O)c2ccc(C(=O)O)cc2F)C1. The molecule has 0 bridgehead atoms. The summed E-state index contributed by atoms with van der Waals surface area (Å²) in [5.41, 5.74) is -0.248. The Balaban J connectivity index is 1.74. The van der Waals surface area contributed by atoms with E-state index in [1.165, 1.54) is 12.1 Å². The molecule has 1 aromatic rings. The average molecular weight is 364 g/mol. The third kappa shape index (κ3) is 3.59. The molecule has 6 nitrogen and oxygen atoms in total. The van der Waals surface area contributed by atoms with Crippen LogP contribution in [0.3, 0.4) is 0 Å². The van der Waals surface area contributed by atoms with Gasteiger partial charge in [0.05, 0.1) is 17.2 Å². The second-order valence-corrected chi connectivity index (χ2v) is 7.12. The van der Waals surface area contributed by atoms with E-state index < -0.39 is 17.7 Å². The monoisotopic (exact) mass is 364 g/mol. The zero-order valence-electron chi connectivity index (χ0n) is 15.2. The molecule has 3 rings (SSSR count). The number of likely N-dealkylation sites (tertiary alicyclic amines) is 1. The van der Waals surface area contributed by atoms with E-state index in [1.807, 2.05) is 0 Å². The van der Waals surface area contributed by atoms with E-state index in [-0.39, 0.29) is 29.3 Å². The summed E-state index contributed by atoms with van der Waals surface area (Å²) in [6, 6.07) is 3.71. The number of carboxylic acids is 1. The van der Waals surface area contributed by atoms with E-state index in [4.69, 9.17) is 9.84 Å². The molecule has 1 aromatic carbocycles. The Labute approximate surface area is 152 Å². The number of hydrogen-bond acceptors (Lipinski definition) is 4. The average Bonchev–Trinajstić information content (AvgIpc) is 3.28. The van der Waals surface area contributed by atoms with Crippen molar-refractivity contribution in [1.29, 1.82) is 0 Å². The highest BCUT2D eigenvalue weighted by atomic mass is 19.1. The number of aromatic carboxylic acids is 1. The normalized spacial score (nSPS) is 26.2. The molecule has 1 saturated carbocycles. The van der Waals surface area contributed by atoms with Crippen molar-refractivity contribution in [2.75, 3.05) is 27.2 Å². The van der Waals surface area contributed by atoms with Crippen LogP contribution in [0.2, 0.25) is 0 Å². The molecule has 1 aliphatic heterocycles. The molecule has 1 heterocycles. The summed E-state index contributed by atoms with van der Waals surface area (Å²) in [5, 5.41) is 8.94. The Morgan fingerprint density at radius 2 is 2.08 bits per heavy atom. The highest BCUT2D eigenvalue weighted by molar-refractivity contribution is 5.96. The summed E-state index contributed by atoms with van der Waals surface area (Å²) >= 11 is 0. The minimum atomic E-state index is -1.21. The highest BCUT2D eigenvalue weighted by Gasteiger charge is 2.39. The van der Waals surface area contributed by atoms with Gasteiger partial charge in [-0.15, -0.1) is 0 Å². The quantitative estimate of drug-likeness (QED) is 0.868. The van der Waals surface area contributed by atoms with Gasteiger partial charge in [-0.05, 0) is 43.9 Å². The molecule has 1 N–H and O–H groups in total. The number of halogens is 1. The largest absolute Gasteiger partial charge is 0.478 e. The first-order valence-corrected chi connectivity index (χ1v) is 8.99.